The second kappa shape index (κ2) is 6.26. The SMILES string of the molecule is CC(C)(C)c1cccc(C=Nc2ccc(F)cc2C(F)(F)F)c1O. The van der Waals surface area contributed by atoms with E-state index in [0.29, 0.717) is 17.2 Å². The molecular formula is C18H17F4NO. The van der Waals surface area contributed by atoms with Crippen LogP contribution in [0.25, 0.3) is 0 Å². The van der Waals surface area contributed by atoms with Gasteiger partial charge in [-0.1, -0.05) is 32.9 Å². The Morgan fingerprint density at radius 1 is 1.00 bits per heavy atom. The maximum Gasteiger partial charge on any atom is 0.418 e. The lowest BCUT2D eigenvalue weighted by Gasteiger charge is -2.21. The molecule has 0 spiro atoms. The number of nitrogens with zero attached hydrogens (tertiary/aromatic N) is 1. The van der Waals surface area contributed by atoms with Crippen molar-refractivity contribution in [3.63, 3.8) is 0 Å². The number of para-hydroxylation sites is 1. The second-order valence-corrected chi connectivity index (χ2v) is 6.41. The first kappa shape index (κ1) is 18.0. The first-order valence-electron chi connectivity index (χ1n) is 7.23. The Morgan fingerprint density at radius 2 is 1.67 bits per heavy atom. The Morgan fingerprint density at radius 3 is 2.25 bits per heavy atom. The molecule has 128 valence electrons. The van der Waals surface area contributed by atoms with Crippen molar-refractivity contribution in [1.29, 1.82) is 0 Å². The Balaban J connectivity index is 2.47. The molecule has 2 nitrogen and oxygen atoms in total. The number of aliphatic imine (C=N–C) groups is 1. The van der Waals surface area contributed by atoms with Gasteiger partial charge in [0.1, 0.15) is 11.6 Å². The fourth-order valence-electron chi connectivity index (χ4n) is 2.26. The van der Waals surface area contributed by atoms with E-state index >= 15 is 0 Å². The van der Waals surface area contributed by atoms with Crippen LogP contribution in [-0.4, -0.2) is 11.3 Å². The van der Waals surface area contributed by atoms with Crippen LogP contribution in [0.3, 0.4) is 0 Å². The normalized spacial score (nSPS) is 12.8. The molecule has 0 saturated carbocycles. The predicted molar refractivity (Wildman–Crippen MR) is 85.5 cm³/mol. The third kappa shape index (κ3) is 3.93. The van der Waals surface area contributed by atoms with E-state index in [9.17, 15) is 22.7 Å². The molecule has 0 aliphatic heterocycles. The lowest BCUT2D eigenvalue weighted by molar-refractivity contribution is -0.137. The van der Waals surface area contributed by atoms with Crippen molar-refractivity contribution in [1.82, 2.24) is 0 Å². The number of benzene rings is 2. The summed E-state index contributed by atoms with van der Waals surface area (Å²) in [4.78, 5) is 3.80. The van der Waals surface area contributed by atoms with E-state index < -0.39 is 23.2 Å². The van der Waals surface area contributed by atoms with Crippen LogP contribution in [0.1, 0.15) is 37.5 Å². The summed E-state index contributed by atoms with van der Waals surface area (Å²) in [6.07, 6.45) is -3.57. The highest BCUT2D eigenvalue weighted by molar-refractivity contribution is 5.86. The van der Waals surface area contributed by atoms with Gasteiger partial charge in [0.15, 0.2) is 0 Å². The van der Waals surface area contributed by atoms with Gasteiger partial charge in [-0.25, -0.2) is 4.39 Å². The molecule has 0 saturated heterocycles. The van der Waals surface area contributed by atoms with Crippen LogP contribution in [0, 0.1) is 5.82 Å². The molecule has 0 amide bonds. The monoisotopic (exact) mass is 339 g/mol. The van der Waals surface area contributed by atoms with E-state index in [4.69, 9.17) is 0 Å². The third-order valence-corrected chi connectivity index (χ3v) is 3.48. The van der Waals surface area contributed by atoms with Crippen LogP contribution in [-0.2, 0) is 11.6 Å². The van der Waals surface area contributed by atoms with Gasteiger partial charge in [0.05, 0.1) is 11.3 Å². The standard InChI is InChI=1S/C18H17F4NO/c1-17(2,3)13-6-4-5-11(16(13)24)10-23-15-8-7-12(19)9-14(15)18(20,21)22/h4-10,24H,1-3H3. The number of hydrogen-bond acceptors (Lipinski definition) is 2. The van der Waals surface area contributed by atoms with Crippen LogP contribution in [0.5, 0.6) is 5.75 Å². The van der Waals surface area contributed by atoms with E-state index in [0.717, 1.165) is 18.3 Å². The van der Waals surface area contributed by atoms with Crippen LogP contribution in [0.4, 0.5) is 23.2 Å². The molecule has 0 radical (unpaired) electrons. The molecule has 0 unspecified atom stereocenters. The van der Waals surface area contributed by atoms with Gasteiger partial charge in [-0.05, 0) is 35.2 Å². The number of halogens is 4. The van der Waals surface area contributed by atoms with Crippen molar-refractivity contribution in [2.75, 3.05) is 0 Å². The van der Waals surface area contributed by atoms with E-state index in [-0.39, 0.29) is 11.2 Å². The lowest BCUT2D eigenvalue weighted by atomic mass is 9.85. The minimum absolute atomic E-state index is 0.0376. The molecule has 24 heavy (non-hydrogen) atoms. The molecule has 0 bridgehead atoms. The highest BCUT2D eigenvalue weighted by atomic mass is 19.4. The fraction of sp³-hybridized carbons (Fsp3) is 0.278. The predicted octanol–water partition coefficient (Wildman–Crippen LogP) is 5.60. The zero-order valence-corrected chi connectivity index (χ0v) is 13.4. The largest absolute Gasteiger partial charge is 0.507 e. The van der Waals surface area contributed by atoms with E-state index in [1.165, 1.54) is 0 Å². The average Bonchev–Trinajstić information content (AvgIpc) is 2.45. The summed E-state index contributed by atoms with van der Waals surface area (Å²) in [6.45, 7) is 5.72. The summed E-state index contributed by atoms with van der Waals surface area (Å²) >= 11 is 0. The molecule has 0 aliphatic carbocycles. The van der Waals surface area contributed by atoms with Gasteiger partial charge in [-0.15, -0.1) is 0 Å². The van der Waals surface area contributed by atoms with Crippen LogP contribution >= 0.6 is 0 Å². The fourth-order valence-corrected chi connectivity index (χ4v) is 2.26. The minimum Gasteiger partial charge on any atom is -0.507 e. The first-order valence-corrected chi connectivity index (χ1v) is 7.23. The van der Waals surface area contributed by atoms with Gasteiger partial charge < -0.3 is 5.11 Å². The molecule has 2 aromatic carbocycles. The van der Waals surface area contributed by atoms with Gasteiger partial charge >= 0.3 is 6.18 Å². The Hall–Kier alpha value is -2.37. The molecule has 0 aromatic heterocycles. The molecule has 0 heterocycles. The summed E-state index contributed by atoms with van der Waals surface area (Å²) < 4.78 is 52.0. The Labute approximate surface area is 137 Å². The zero-order chi connectivity index (χ0) is 18.1. The minimum atomic E-state index is -4.72. The molecule has 2 rings (SSSR count). The summed E-state index contributed by atoms with van der Waals surface area (Å²) in [5.41, 5.74) is -0.961. The van der Waals surface area contributed by atoms with Gasteiger partial charge in [-0.2, -0.15) is 13.2 Å². The van der Waals surface area contributed by atoms with Gasteiger partial charge in [0.25, 0.3) is 0 Å². The summed E-state index contributed by atoms with van der Waals surface area (Å²) in [7, 11) is 0. The topological polar surface area (TPSA) is 32.6 Å². The van der Waals surface area contributed by atoms with Crippen molar-refractivity contribution in [3.8, 4) is 5.75 Å². The number of alkyl halides is 3. The van der Waals surface area contributed by atoms with Crippen molar-refractivity contribution in [2.24, 2.45) is 4.99 Å². The summed E-state index contributed by atoms with van der Waals surface area (Å²) in [6, 6.07) is 7.25. The van der Waals surface area contributed by atoms with Crippen molar-refractivity contribution < 1.29 is 22.7 Å². The van der Waals surface area contributed by atoms with E-state index in [1.807, 2.05) is 20.8 Å². The van der Waals surface area contributed by atoms with E-state index in [1.54, 1.807) is 18.2 Å². The van der Waals surface area contributed by atoms with Crippen molar-refractivity contribution in [3.05, 3.63) is 58.9 Å². The highest BCUT2D eigenvalue weighted by Crippen LogP contribution is 2.37. The van der Waals surface area contributed by atoms with Crippen molar-refractivity contribution in [2.45, 2.75) is 32.4 Å². The smallest absolute Gasteiger partial charge is 0.418 e. The third-order valence-electron chi connectivity index (χ3n) is 3.48. The van der Waals surface area contributed by atoms with Gasteiger partial charge in [0, 0.05) is 11.8 Å². The van der Waals surface area contributed by atoms with Crippen LogP contribution < -0.4 is 0 Å². The van der Waals surface area contributed by atoms with Crippen LogP contribution in [0.15, 0.2) is 41.4 Å². The van der Waals surface area contributed by atoms with Gasteiger partial charge in [-0.3, -0.25) is 4.99 Å². The number of hydrogen-bond donors (Lipinski definition) is 1. The Kier molecular flexibility index (Phi) is 4.69. The first-order chi connectivity index (χ1) is 11.0. The second-order valence-electron chi connectivity index (χ2n) is 6.41. The number of rotatable bonds is 2. The lowest BCUT2D eigenvalue weighted by Crippen LogP contribution is -2.11. The number of phenols is 1. The summed E-state index contributed by atoms with van der Waals surface area (Å²) in [5.74, 6) is -1.02. The maximum absolute atomic E-state index is 13.1. The quantitative estimate of drug-likeness (QED) is 0.561. The molecule has 6 heteroatoms. The number of aromatic hydroxyl groups is 1. The average molecular weight is 339 g/mol. The molecule has 0 atom stereocenters. The Bertz CT molecular complexity index is 774. The summed E-state index contributed by atoms with van der Waals surface area (Å²) in [5, 5.41) is 10.3. The molecule has 0 fully saturated rings. The molecule has 2 aromatic rings. The highest BCUT2D eigenvalue weighted by Gasteiger charge is 2.34. The molecular weight excluding hydrogens is 322 g/mol. The molecule has 1 N–H and O–H groups in total. The van der Waals surface area contributed by atoms with Crippen LogP contribution in [0.2, 0.25) is 0 Å². The van der Waals surface area contributed by atoms with Crippen molar-refractivity contribution >= 4 is 11.9 Å². The maximum atomic E-state index is 13.1. The number of phenolic OH excluding ortho intramolecular Hbond substituents is 1. The zero-order valence-electron chi connectivity index (χ0n) is 13.4. The van der Waals surface area contributed by atoms with Gasteiger partial charge in [0.2, 0.25) is 0 Å². The van der Waals surface area contributed by atoms with E-state index in [2.05, 4.69) is 4.99 Å². The molecule has 0 aliphatic rings.